The summed E-state index contributed by atoms with van der Waals surface area (Å²) in [6, 6.07) is 0.254. The average Bonchev–Trinajstić information content (AvgIpc) is 2.49. The number of anilines is 2. The summed E-state index contributed by atoms with van der Waals surface area (Å²) >= 11 is 0. The van der Waals surface area contributed by atoms with Gasteiger partial charge in [-0.05, 0) is 31.6 Å². The third kappa shape index (κ3) is 3.27. The number of ether oxygens (including phenoxy) is 1. The first kappa shape index (κ1) is 14.8. The van der Waals surface area contributed by atoms with Gasteiger partial charge in [0.15, 0.2) is 0 Å². The summed E-state index contributed by atoms with van der Waals surface area (Å²) < 4.78 is 5.07. The van der Waals surface area contributed by atoms with Gasteiger partial charge in [0.2, 0.25) is 11.9 Å². The molecule has 0 aromatic carbocycles. The van der Waals surface area contributed by atoms with Crippen molar-refractivity contribution >= 4 is 11.9 Å². The van der Waals surface area contributed by atoms with E-state index in [0.29, 0.717) is 17.8 Å². The maximum absolute atomic E-state index is 9.76. The van der Waals surface area contributed by atoms with Gasteiger partial charge in [0.25, 0.3) is 0 Å². The smallest absolute Gasteiger partial charge is 0.322 e. The highest BCUT2D eigenvalue weighted by Gasteiger charge is 2.34. The van der Waals surface area contributed by atoms with Gasteiger partial charge < -0.3 is 20.5 Å². The Morgan fingerprint density at radius 2 is 1.90 bits per heavy atom. The molecule has 0 aliphatic heterocycles. The molecule has 20 heavy (non-hydrogen) atoms. The van der Waals surface area contributed by atoms with E-state index in [0.717, 1.165) is 25.7 Å². The molecule has 0 saturated heterocycles. The van der Waals surface area contributed by atoms with Gasteiger partial charge >= 0.3 is 6.01 Å². The highest BCUT2D eigenvalue weighted by atomic mass is 16.5. The van der Waals surface area contributed by atoms with E-state index in [1.807, 2.05) is 0 Å². The van der Waals surface area contributed by atoms with Crippen LogP contribution in [0.2, 0.25) is 0 Å². The zero-order valence-corrected chi connectivity index (χ0v) is 12.3. The van der Waals surface area contributed by atoms with Crippen molar-refractivity contribution in [2.75, 3.05) is 31.4 Å². The van der Waals surface area contributed by atoms with Gasteiger partial charge in [-0.15, -0.1) is 0 Å². The second kappa shape index (κ2) is 6.21. The van der Waals surface area contributed by atoms with E-state index in [2.05, 4.69) is 32.5 Å². The number of hydrogen-bond acceptors (Lipinski definition) is 7. The van der Waals surface area contributed by atoms with Crippen LogP contribution in [0.1, 0.15) is 32.6 Å². The van der Waals surface area contributed by atoms with E-state index in [1.165, 1.54) is 7.11 Å². The Morgan fingerprint density at radius 1 is 1.25 bits per heavy atom. The molecule has 1 fully saturated rings. The SMILES string of the molecule is CNc1nc(NC2(CO)CCC(C)CC2)nc(OC)n1. The predicted octanol–water partition coefficient (Wildman–Crippen LogP) is 1.27. The zero-order chi connectivity index (χ0) is 14.6. The molecule has 0 amide bonds. The van der Waals surface area contributed by atoms with Crippen molar-refractivity contribution in [3.8, 4) is 6.01 Å². The fourth-order valence-corrected chi connectivity index (χ4v) is 2.49. The van der Waals surface area contributed by atoms with E-state index in [-0.39, 0.29) is 18.2 Å². The molecule has 3 N–H and O–H groups in total. The van der Waals surface area contributed by atoms with Crippen LogP contribution in [0.3, 0.4) is 0 Å². The molecule has 1 saturated carbocycles. The van der Waals surface area contributed by atoms with Crippen molar-refractivity contribution in [1.82, 2.24) is 15.0 Å². The maximum atomic E-state index is 9.76. The van der Waals surface area contributed by atoms with Gasteiger partial charge in [-0.3, -0.25) is 0 Å². The third-order valence-corrected chi connectivity index (χ3v) is 3.93. The van der Waals surface area contributed by atoms with Crippen molar-refractivity contribution in [3.05, 3.63) is 0 Å². The molecule has 2 rings (SSSR count). The quantitative estimate of drug-likeness (QED) is 0.748. The molecule has 7 nitrogen and oxygen atoms in total. The summed E-state index contributed by atoms with van der Waals surface area (Å²) in [6.45, 7) is 2.31. The van der Waals surface area contributed by atoms with E-state index < -0.39 is 0 Å². The molecule has 1 aromatic rings. The first-order valence-corrected chi connectivity index (χ1v) is 6.97. The molecule has 1 aromatic heterocycles. The van der Waals surface area contributed by atoms with Crippen molar-refractivity contribution in [2.45, 2.75) is 38.1 Å². The van der Waals surface area contributed by atoms with Gasteiger partial charge in [-0.1, -0.05) is 6.92 Å². The molecule has 0 atom stereocenters. The van der Waals surface area contributed by atoms with Crippen LogP contribution in [-0.2, 0) is 0 Å². The Balaban J connectivity index is 2.18. The predicted molar refractivity (Wildman–Crippen MR) is 77.0 cm³/mol. The Bertz CT molecular complexity index is 424. The monoisotopic (exact) mass is 281 g/mol. The van der Waals surface area contributed by atoms with Crippen LogP contribution in [0, 0.1) is 5.92 Å². The van der Waals surface area contributed by atoms with Crippen molar-refractivity contribution in [2.24, 2.45) is 5.92 Å². The first-order valence-electron chi connectivity index (χ1n) is 6.97. The lowest BCUT2D eigenvalue weighted by atomic mass is 9.77. The highest BCUT2D eigenvalue weighted by Crippen LogP contribution is 2.33. The third-order valence-electron chi connectivity index (χ3n) is 3.93. The van der Waals surface area contributed by atoms with Crippen LogP contribution in [0.4, 0.5) is 11.9 Å². The molecule has 0 radical (unpaired) electrons. The van der Waals surface area contributed by atoms with Crippen LogP contribution in [0.15, 0.2) is 0 Å². The topological polar surface area (TPSA) is 92.2 Å². The summed E-state index contributed by atoms with van der Waals surface area (Å²) in [5.74, 6) is 1.58. The van der Waals surface area contributed by atoms with E-state index in [1.54, 1.807) is 7.05 Å². The second-order valence-corrected chi connectivity index (χ2v) is 5.47. The summed E-state index contributed by atoms with van der Waals surface area (Å²) in [4.78, 5) is 12.5. The van der Waals surface area contributed by atoms with Crippen molar-refractivity contribution in [1.29, 1.82) is 0 Å². The summed E-state index contributed by atoms with van der Waals surface area (Å²) in [7, 11) is 3.26. The lowest BCUT2D eigenvalue weighted by Gasteiger charge is -2.38. The molecule has 112 valence electrons. The fraction of sp³-hybridized carbons (Fsp3) is 0.769. The van der Waals surface area contributed by atoms with Crippen LogP contribution >= 0.6 is 0 Å². The van der Waals surface area contributed by atoms with Crippen LogP contribution in [0.5, 0.6) is 6.01 Å². The lowest BCUT2D eigenvalue weighted by Crippen LogP contribution is -2.45. The minimum Gasteiger partial charge on any atom is -0.467 e. The molecular formula is C13H23N5O2. The van der Waals surface area contributed by atoms with E-state index in [4.69, 9.17) is 4.74 Å². The maximum Gasteiger partial charge on any atom is 0.322 e. The van der Waals surface area contributed by atoms with Crippen molar-refractivity contribution in [3.63, 3.8) is 0 Å². The minimum absolute atomic E-state index is 0.0720. The molecular weight excluding hydrogens is 258 g/mol. The standard InChI is InChI=1S/C13H23N5O2/c1-9-4-6-13(8-19,7-5-9)18-11-15-10(14-2)16-12(17-11)20-3/h9,19H,4-8H2,1-3H3,(H2,14,15,16,17,18). The van der Waals surface area contributed by atoms with Crippen LogP contribution < -0.4 is 15.4 Å². The van der Waals surface area contributed by atoms with Gasteiger partial charge in [0.1, 0.15) is 0 Å². The lowest BCUT2D eigenvalue weighted by molar-refractivity contribution is 0.154. The largest absolute Gasteiger partial charge is 0.467 e. The van der Waals surface area contributed by atoms with Gasteiger partial charge in [0, 0.05) is 7.05 Å². The fourth-order valence-electron chi connectivity index (χ4n) is 2.49. The second-order valence-electron chi connectivity index (χ2n) is 5.47. The number of nitrogens with zero attached hydrogens (tertiary/aromatic N) is 3. The first-order chi connectivity index (χ1) is 9.60. The molecule has 0 unspecified atom stereocenters. The van der Waals surface area contributed by atoms with Gasteiger partial charge in [0.05, 0.1) is 19.3 Å². The summed E-state index contributed by atoms with van der Waals surface area (Å²) in [5, 5.41) is 15.9. The molecule has 0 spiro atoms. The van der Waals surface area contributed by atoms with E-state index in [9.17, 15) is 5.11 Å². The number of aromatic nitrogens is 3. The number of aliphatic hydroxyl groups excluding tert-OH is 1. The molecule has 1 aliphatic rings. The van der Waals surface area contributed by atoms with Gasteiger partial charge in [-0.25, -0.2) is 0 Å². The zero-order valence-electron chi connectivity index (χ0n) is 12.3. The molecule has 0 bridgehead atoms. The van der Waals surface area contributed by atoms with Crippen molar-refractivity contribution < 1.29 is 9.84 Å². The number of aliphatic hydroxyl groups is 1. The van der Waals surface area contributed by atoms with Crippen LogP contribution in [0.25, 0.3) is 0 Å². The minimum atomic E-state index is -0.343. The average molecular weight is 281 g/mol. The molecule has 1 aliphatic carbocycles. The Hall–Kier alpha value is -1.63. The number of rotatable bonds is 5. The summed E-state index contributed by atoms with van der Waals surface area (Å²) in [6.07, 6.45) is 4.00. The Kier molecular flexibility index (Phi) is 4.59. The summed E-state index contributed by atoms with van der Waals surface area (Å²) in [5.41, 5.74) is -0.343. The highest BCUT2D eigenvalue weighted by molar-refractivity contribution is 5.38. The molecule has 7 heteroatoms. The van der Waals surface area contributed by atoms with Gasteiger partial charge in [-0.2, -0.15) is 15.0 Å². The van der Waals surface area contributed by atoms with E-state index >= 15 is 0 Å². The number of methoxy groups -OCH3 is 1. The number of nitrogens with one attached hydrogen (secondary N) is 2. The number of hydrogen-bond donors (Lipinski definition) is 3. The Labute approximate surface area is 119 Å². The normalized spacial score (nSPS) is 26.1. The molecule has 1 heterocycles. The van der Waals surface area contributed by atoms with Crippen LogP contribution in [-0.4, -0.2) is 46.4 Å². The Morgan fingerprint density at radius 3 is 2.45 bits per heavy atom.